The van der Waals surface area contributed by atoms with E-state index >= 15 is 0 Å². The Balaban J connectivity index is 2.23. The number of hydrogen-bond donors (Lipinski definition) is 2. The van der Waals surface area contributed by atoms with Crippen LogP contribution < -0.4 is 10.6 Å². The fourth-order valence-corrected chi connectivity index (χ4v) is 2.25. The highest BCUT2D eigenvalue weighted by atomic mass is 16.5. The smallest absolute Gasteiger partial charge is 0.0992 e. The molecule has 0 spiro atoms. The van der Waals surface area contributed by atoms with Crippen LogP contribution >= 0.6 is 0 Å². The van der Waals surface area contributed by atoms with Crippen LogP contribution in [-0.4, -0.2) is 37.0 Å². The van der Waals surface area contributed by atoms with E-state index < -0.39 is 0 Å². The molecule has 2 atom stereocenters. The molecule has 1 heterocycles. The lowest BCUT2D eigenvalue weighted by Gasteiger charge is -2.38. The number of hydrogen-bond acceptors (Lipinski definition) is 5. The van der Waals surface area contributed by atoms with Crippen molar-refractivity contribution in [2.45, 2.75) is 19.1 Å². The second-order valence-electron chi connectivity index (χ2n) is 4.54. The fourth-order valence-electron chi connectivity index (χ4n) is 2.25. The van der Waals surface area contributed by atoms with Crippen LogP contribution in [-0.2, 0) is 4.74 Å². The summed E-state index contributed by atoms with van der Waals surface area (Å²) in [6.45, 7) is 3.30. The van der Waals surface area contributed by atoms with Crippen molar-refractivity contribution < 1.29 is 9.84 Å². The maximum Gasteiger partial charge on any atom is 0.0992 e. The topological polar surface area (TPSA) is 82.5 Å². The molecule has 1 fully saturated rings. The number of rotatable bonds is 2. The zero-order valence-corrected chi connectivity index (χ0v) is 10.3. The summed E-state index contributed by atoms with van der Waals surface area (Å²) < 4.78 is 5.59. The molecular weight excluding hydrogens is 230 g/mol. The molecule has 0 aromatic heterocycles. The standard InChI is InChI=1S/C13H17N3O2/c1-9-6-16(7-11(8-17)18-9)13-3-2-10(5-14)4-12(13)15/h2-4,9,11,17H,6-8,15H2,1H3. The summed E-state index contributed by atoms with van der Waals surface area (Å²) in [6.07, 6.45) is -0.144. The highest BCUT2D eigenvalue weighted by molar-refractivity contribution is 5.69. The van der Waals surface area contributed by atoms with Gasteiger partial charge in [0, 0.05) is 13.1 Å². The van der Waals surface area contributed by atoms with Gasteiger partial charge in [-0.3, -0.25) is 0 Å². The molecule has 3 N–H and O–H groups in total. The first-order valence-corrected chi connectivity index (χ1v) is 5.95. The molecular formula is C13H17N3O2. The van der Waals surface area contributed by atoms with Gasteiger partial charge in [-0.1, -0.05) is 0 Å². The number of aliphatic hydroxyl groups is 1. The molecule has 1 aliphatic heterocycles. The molecule has 18 heavy (non-hydrogen) atoms. The van der Waals surface area contributed by atoms with Crippen molar-refractivity contribution in [1.82, 2.24) is 0 Å². The van der Waals surface area contributed by atoms with E-state index in [9.17, 15) is 5.11 Å². The van der Waals surface area contributed by atoms with Gasteiger partial charge in [0.15, 0.2) is 0 Å². The third kappa shape index (κ3) is 2.55. The van der Waals surface area contributed by atoms with Crippen molar-refractivity contribution in [3.8, 4) is 6.07 Å². The largest absolute Gasteiger partial charge is 0.397 e. The van der Waals surface area contributed by atoms with Gasteiger partial charge in [-0.25, -0.2) is 0 Å². The van der Waals surface area contributed by atoms with Gasteiger partial charge in [0.05, 0.1) is 41.8 Å². The number of nitrogens with two attached hydrogens (primary N) is 1. The van der Waals surface area contributed by atoms with Gasteiger partial charge >= 0.3 is 0 Å². The monoisotopic (exact) mass is 247 g/mol. The minimum atomic E-state index is -0.191. The van der Waals surface area contributed by atoms with E-state index in [1.54, 1.807) is 12.1 Å². The predicted octanol–water partition coefficient (Wildman–Crippen LogP) is 0.726. The SMILES string of the molecule is CC1CN(c2ccc(C#N)cc2N)CC(CO)O1. The van der Waals surface area contributed by atoms with E-state index in [1.807, 2.05) is 13.0 Å². The van der Waals surface area contributed by atoms with Crippen molar-refractivity contribution in [2.75, 3.05) is 30.3 Å². The molecule has 0 amide bonds. The van der Waals surface area contributed by atoms with Gasteiger partial charge in [-0.2, -0.15) is 5.26 Å². The lowest BCUT2D eigenvalue weighted by Crippen LogP contribution is -2.48. The van der Waals surface area contributed by atoms with Gasteiger partial charge < -0.3 is 20.5 Å². The summed E-state index contributed by atoms with van der Waals surface area (Å²) >= 11 is 0. The Morgan fingerprint density at radius 2 is 2.33 bits per heavy atom. The van der Waals surface area contributed by atoms with E-state index in [0.29, 0.717) is 17.8 Å². The van der Waals surface area contributed by atoms with E-state index in [2.05, 4.69) is 11.0 Å². The fraction of sp³-hybridized carbons (Fsp3) is 0.462. The number of benzene rings is 1. The number of morpholine rings is 1. The Labute approximate surface area is 106 Å². The first-order chi connectivity index (χ1) is 8.63. The van der Waals surface area contributed by atoms with E-state index in [1.165, 1.54) is 0 Å². The number of aliphatic hydroxyl groups excluding tert-OH is 1. The normalized spacial score (nSPS) is 23.7. The Hall–Kier alpha value is -1.77. The summed E-state index contributed by atoms with van der Waals surface area (Å²) in [5, 5.41) is 18.0. The van der Waals surface area contributed by atoms with Crippen molar-refractivity contribution in [1.29, 1.82) is 5.26 Å². The molecule has 2 rings (SSSR count). The van der Waals surface area contributed by atoms with Crippen LogP contribution in [0.1, 0.15) is 12.5 Å². The average molecular weight is 247 g/mol. The molecule has 0 radical (unpaired) electrons. The second kappa shape index (κ2) is 5.25. The first kappa shape index (κ1) is 12.7. The molecule has 0 bridgehead atoms. The van der Waals surface area contributed by atoms with Crippen molar-refractivity contribution in [3.63, 3.8) is 0 Å². The van der Waals surface area contributed by atoms with Crippen LogP contribution in [0.4, 0.5) is 11.4 Å². The van der Waals surface area contributed by atoms with Crippen molar-refractivity contribution in [2.24, 2.45) is 0 Å². The zero-order valence-electron chi connectivity index (χ0n) is 10.3. The summed E-state index contributed by atoms with van der Waals surface area (Å²) in [5.41, 5.74) is 7.99. The molecule has 0 saturated carbocycles. The Morgan fingerprint density at radius 3 is 2.94 bits per heavy atom. The molecule has 1 aliphatic rings. The Bertz CT molecular complexity index is 470. The van der Waals surface area contributed by atoms with Gasteiger partial charge in [0.1, 0.15) is 0 Å². The molecule has 96 valence electrons. The Morgan fingerprint density at radius 1 is 1.56 bits per heavy atom. The van der Waals surface area contributed by atoms with Crippen LogP contribution in [0.15, 0.2) is 18.2 Å². The quantitative estimate of drug-likeness (QED) is 0.753. The lowest BCUT2D eigenvalue weighted by molar-refractivity contribution is -0.0420. The summed E-state index contributed by atoms with van der Waals surface area (Å²) in [4.78, 5) is 2.09. The predicted molar refractivity (Wildman–Crippen MR) is 69.2 cm³/mol. The molecule has 2 unspecified atom stereocenters. The minimum Gasteiger partial charge on any atom is -0.397 e. The third-order valence-corrected chi connectivity index (χ3v) is 3.03. The molecule has 0 aliphatic carbocycles. The van der Waals surface area contributed by atoms with Crippen molar-refractivity contribution >= 4 is 11.4 Å². The van der Waals surface area contributed by atoms with Gasteiger partial charge in [-0.15, -0.1) is 0 Å². The number of anilines is 2. The van der Waals surface area contributed by atoms with Gasteiger partial charge in [0.25, 0.3) is 0 Å². The van der Waals surface area contributed by atoms with Gasteiger partial charge in [-0.05, 0) is 25.1 Å². The van der Waals surface area contributed by atoms with E-state index in [-0.39, 0.29) is 18.8 Å². The van der Waals surface area contributed by atoms with Crippen LogP contribution in [0.5, 0.6) is 0 Å². The molecule has 1 aromatic carbocycles. The zero-order chi connectivity index (χ0) is 13.1. The van der Waals surface area contributed by atoms with Crippen LogP contribution in [0.25, 0.3) is 0 Å². The van der Waals surface area contributed by atoms with Gasteiger partial charge in [0.2, 0.25) is 0 Å². The van der Waals surface area contributed by atoms with E-state index in [4.69, 9.17) is 15.7 Å². The van der Waals surface area contributed by atoms with Crippen LogP contribution in [0.3, 0.4) is 0 Å². The highest BCUT2D eigenvalue weighted by Crippen LogP contribution is 2.27. The number of nitrogen functional groups attached to an aromatic ring is 1. The maximum atomic E-state index is 9.20. The average Bonchev–Trinajstić information content (AvgIpc) is 2.37. The lowest BCUT2D eigenvalue weighted by atomic mass is 10.1. The van der Waals surface area contributed by atoms with Crippen molar-refractivity contribution in [3.05, 3.63) is 23.8 Å². The molecule has 5 heteroatoms. The highest BCUT2D eigenvalue weighted by Gasteiger charge is 2.25. The number of nitriles is 1. The third-order valence-electron chi connectivity index (χ3n) is 3.03. The first-order valence-electron chi connectivity index (χ1n) is 5.95. The Kier molecular flexibility index (Phi) is 3.70. The summed E-state index contributed by atoms with van der Waals surface area (Å²) in [7, 11) is 0. The molecule has 1 aromatic rings. The second-order valence-corrected chi connectivity index (χ2v) is 4.54. The van der Waals surface area contributed by atoms with E-state index in [0.717, 1.165) is 12.2 Å². The number of nitrogens with zero attached hydrogens (tertiary/aromatic N) is 2. The summed E-state index contributed by atoms with van der Waals surface area (Å²) in [6, 6.07) is 7.33. The minimum absolute atomic E-state index is 0.00295. The molecule has 1 saturated heterocycles. The van der Waals surface area contributed by atoms with Crippen LogP contribution in [0.2, 0.25) is 0 Å². The van der Waals surface area contributed by atoms with Crippen LogP contribution in [0, 0.1) is 11.3 Å². The molecule has 5 nitrogen and oxygen atoms in total. The number of ether oxygens (including phenoxy) is 1. The summed E-state index contributed by atoms with van der Waals surface area (Å²) in [5.74, 6) is 0. The maximum absolute atomic E-state index is 9.20.